The highest BCUT2D eigenvalue weighted by Crippen LogP contribution is 2.18. The largest absolute Gasteiger partial charge is 0.339 e. The molecule has 290 valence electrons. The van der Waals surface area contributed by atoms with E-state index in [2.05, 4.69) is 26.2 Å². The highest BCUT2D eigenvalue weighted by molar-refractivity contribution is 6.07. The number of unbranched alkanes of at least 4 members (excludes halogenated alkanes) is 22. The van der Waals surface area contributed by atoms with Gasteiger partial charge >= 0.3 is 0 Å². The molecule has 0 spiro atoms. The summed E-state index contributed by atoms with van der Waals surface area (Å²) in [4.78, 5) is 53.3. The first-order chi connectivity index (χ1) is 24.8. The number of carbonyl (C=O) groups is 4. The smallest absolute Gasteiger partial charge is 0.275 e. The van der Waals surface area contributed by atoms with Crippen LogP contribution in [0.15, 0.2) is 30.3 Å². The number of amides is 3. The number of piperidine rings is 1. The number of likely N-dealkylation sites (tertiary alicyclic amines) is 1. The quantitative estimate of drug-likeness (QED) is 0.0349. The van der Waals surface area contributed by atoms with Gasteiger partial charge in [-0.15, -0.1) is 0 Å². The molecule has 1 aromatic rings. The van der Waals surface area contributed by atoms with Gasteiger partial charge < -0.3 is 9.80 Å². The number of nitrogens with zero attached hydrogens (tertiary/aromatic N) is 2. The van der Waals surface area contributed by atoms with Gasteiger partial charge in [-0.1, -0.05) is 173 Å². The van der Waals surface area contributed by atoms with Crippen molar-refractivity contribution in [2.75, 3.05) is 33.2 Å². The van der Waals surface area contributed by atoms with E-state index < -0.39 is 11.9 Å². The second-order valence-corrected chi connectivity index (χ2v) is 15.8. The molecule has 7 heteroatoms. The molecule has 1 fully saturated rings. The van der Waals surface area contributed by atoms with Crippen molar-refractivity contribution in [1.29, 1.82) is 0 Å². The summed E-state index contributed by atoms with van der Waals surface area (Å²) < 4.78 is 0.678. The van der Waals surface area contributed by atoms with E-state index >= 15 is 0 Å². The molecule has 7 nitrogen and oxygen atoms in total. The lowest BCUT2D eigenvalue weighted by Crippen LogP contribution is -2.58. The lowest BCUT2D eigenvalue weighted by atomic mass is 10.0. The van der Waals surface area contributed by atoms with Crippen LogP contribution in [-0.4, -0.2) is 72.2 Å². The van der Waals surface area contributed by atoms with Crippen molar-refractivity contribution in [2.45, 2.75) is 187 Å². The van der Waals surface area contributed by atoms with Crippen molar-refractivity contribution in [3.05, 3.63) is 35.9 Å². The Morgan fingerprint density at radius 1 is 0.647 bits per heavy atom. The van der Waals surface area contributed by atoms with Gasteiger partial charge in [0.1, 0.15) is 6.04 Å². The fourth-order valence-corrected chi connectivity index (χ4v) is 7.52. The zero-order valence-electron chi connectivity index (χ0n) is 33.2. The molecule has 0 radical (unpaired) electrons. The van der Waals surface area contributed by atoms with E-state index in [1.54, 1.807) is 24.3 Å². The number of hydrogen-bond donors (Lipinski definition) is 1. The number of rotatable bonds is 32. The van der Waals surface area contributed by atoms with Crippen LogP contribution < -0.4 is 5.32 Å². The van der Waals surface area contributed by atoms with Crippen molar-refractivity contribution in [3.8, 4) is 0 Å². The van der Waals surface area contributed by atoms with Gasteiger partial charge in [-0.3, -0.25) is 24.1 Å². The number of hydrogen-bond acceptors (Lipinski definition) is 4. The van der Waals surface area contributed by atoms with Crippen LogP contribution in [0, 0.1) is 0 Å². The van der Waals surface area contributed by atoms with Crippen LogP contribution >= 0.6 is 0 Å². The summed E-state index contributed by atoms with van der Waals surface area (Å²) in [6.45, 7) is 6.49. The first-order valence-electron chi connectivity index (χ1n) is 21.3. The third-order valence-corrected chi connectivity index (χ3v) is 10.9. The number of likely N-dealkylation sites (N-methyl/N-ethyl adjacent to an activating group) is 1. The first kappa shape index (κ1) is 44.6. The molecule has 1 saturated heterocycles. The second-order valence-electron chi connectivity index (χ2n) is 15.8. The minimum Gasteiger partial charge on any atom is -0.339 e. The topological polar surface area (TPSA) is 83.6 Å². The van der Waals surface area contributed by atoms with Crippen LogP contribution in [0.1, 0.15) is 191 Å². The van der Waals surface area contributed by atoms with E-state index in [1.807, 2.05) is 6.07 Å². The van der Waals surface area contributed by atoms with E-state index in [1.165, 1.54) is 141 Å². The second kappa shape index (κ2) is 28.0. The molecule has 1 heterocycles. The Morgan fingerprint density at radius 3 is 1.49 bits per heavy atom. The van der Waals surface area contributed by atoms with Crippen LogP contribution in [0.3, 0.4) is 0 Å². The Kier molecular flexibility index (Phi) is 24.5. The van der Waals surface area contributed by atoms with Crippen molar-refractivity contribution in [3.63, 3.8) is 0 Å². The lowest BCUT2D eigenvalue weighted by Gasteiger charge is -2.35. The van der Waals surface area contributed by atoms with Crippen molar-refractivity contribution < 1.29 is 23.7 Å². The Bertz CT molecular complexity index is 1060. The van der Waals surface area contributed by atoms with Crippen LogP contribution in [-0.2, 0) is 14.4 Å². The SMILES string of the molecule is CCCCCCCCCCCCCC[N+](C)(CCCCCCCCCCCCCC)CC(=O)NC1CCC(=O)N(CC(=O)c2ccccc2)C1=O. The third kappa shape index (κ3) is 20.3. The molecule has 1 atom stereocenters. The Balaban J connectivity index is 1.81. The molecule has 2 rings (SSSR count). The monoisotopic (exact) mass is 711 g/mol. The molecule has 3 amide bonds. The molecule has 1 N–H and O–H groups in total. The van der Waals surface area contributed by atoms with Crippen molar-refractivity contribution in [2.24, 2.45) is 0 Å². The molecule has 0 saturated carbocycles. The maximum atomic E-state index is 13.5. The van der Waals surface area contributed by atoms with Gasteiger partial charge in [-0.25, -0.2) is 0 Å². The lowest BCUT2D eigenvalue weighted by molar-refractivity contribution is -0.902. The van der Waals surface area contributed by atoms with Crippen molar-refractivity contribution >= 4 is 23.5 Å². The third-order valence-electron chi connectivity index (χ3n) is 10.9. The van der Waals surface area contributed by atoms with Gasteiger partial charge in [0, 0.05) is 12.0 Å². The predicted molar refractivity (Wildman–Crippen MR) is 212 cm³/mol. The fraction of sp³-hybridized carbons (Fsp3) is 0.773. The van der Waals surface area contributed by atoms with Crippen molar-refractivity contribution in [1.82, 2.24) is 10.2 Å². The zero-order chi connectivity index (χ0) is 37.0. The fourth-order valence-electron chi connectivity index (χ4n) is 7.52. The molecular weight excluding hydrogens is 635 g/mol. The summed E-state index contributed by atoms with van der Waals surface area (Å²) in [7, 11) is 2.20. The molecule has 1 aromatic carbocycles. The van der Waals surface area contributed by atoms with Gasteiger partial charge in [-0.05, 0) is 32.1 Å². The maximum absolute atomic E-state index is 13.5. The van der Waals surface area contributed by atoms with E-state index in [4.69, 9.17) is 0 Å². The molecule has 0 aromatic heterocycles. The summed E-state index contributed by atoms with van der Waals surface area (Å²) >= 11 is 0. The highest BCUT2D eigenvalue weighted by Gasteiger charge is 2.37. The van der Waals surface area contributed by atoms with Gasteiger partial charge in [0.05, 0.1) is 26.7 Å². The number of nitrogens with one attached hydrogen (secondary N) is 1. The molecular formula is C44H76N3O4+. The number of Topliss-reactive ketones (excluding diaryl/α,β-unsaturated/α-hetero) is 1. The molecule has 1 aliphatic rings. The Labute approximate surface area is 312 Å². The summed E-state index contributed by atoms with van der Waals surface area (Å²) in [5.74, 6) is -1.25. The first-order valence-corrected chi connectivity index (χ1v) is 21.3. The van der Waals surface area contributed by atoms with Gasteiger partial charge in [0.15, 0.2) is 12.3 Å². The summed E-state index contributed by atoms with van der Waals surface area (Å²) in [6.07, 6.45) is 31.8. The number of ketones is 1. The van der Waals surface area contributed by atoms with E-state index in [9.17, 15) is 19.2 Å². The number of carbonyl (C=O) groups excluding carboxylic acids is 4. The van der Waals surface area contributed by atoms with Crippen LogP contribution in [0.25, 0.3) is 0 Å². The van der Waals surface area contributed by atoms with E-state index in [0.717, 1.165) is 30.8 Å². The van der Waals surface area contributed by atoms with Gasteiger partial charge in [0.2, 0.25) is 5.91 Å². The Hall–Kier alpha value is -2.54. The predicted octanol–water partition coefficient (Wildman–Crippen LogP) is 10.4. The van der Waals surface area contributed by atoms with Crippen LogP contribution in [0.2, 0.25) is 0 Å². The van der Waals surface area contributed by atoms with Crippen LogP contribution in [0.5, 0.6) is 0 Å². The normalized spacial score (nSPS) is 15.0. The number of imide groups is 1. The molecule has 51 heavy (non-hydrogen) atoms. The van der Waals surface area contributed by atoms with E-state index in [0.29, 0.717) is 16.6 Å². The average molecular weight is 711 g/mol. The zero-order valence-corrected chi connectivity index (χ0v) is 33.2. The van der Waals surface area contributed by atoms with E-state index in [-0.39, 0.29) is 37.0 Å². The standard InChI is InChI=1S/C44H75N3O4/c1-4-6-8-10-12-14-16-18-20-22-24-29-35-47(3,36-30-25-23-21-19-17-15-13-11-9-7-5-2)38-42(49)45-40-33-34-43(50)46(44(40)51)37-41(48)39-31-27-26-28-32-39/h26-28,31-32,40H,4-25,29-30,33-38H2,1-3H3/p+1. The minimum atomic E-state index is -0.773. The van der Waals surface area contributed by atoms with Gasteiger partial charge in [0.25, 0.3) is 11.8 Å². The average Bonchev–Trinajstić information content (AvgIpc) is 3.12. The summed E-state index contributed by atoms with van der Waals surface area (Å²) in [5, 5.41) is 2.97. The summed E-state index contributed by atoms with van der Waals surface area (Å²) in [6, 6.07) is 7.95. The summed E-state index contributed by atoms with van der Waals surface area (Å²) in [5.41, 5.74) is 0.466. The molecule has 0 aliphatic carbocycles. The molecule has 0 bridgehead atoms. The minimum absolute atomic E-state index is 0.141. The Morgan fingerprint density at radius 2 is 1.06 bits per heavy atom. The number of benzene rings is 1. The van der Waals surface area contributed by atoms with Gasteiger partial charge in [-0.2, -0.15) is 0 Å². The van der Waals surface area contributed by atoms with Crippen LogP contribution in [0.4, 0.5) is 0 Å². The molecule has 1 unspecified atom stereocenters. The maximum Gasteiger partial charge on any atom is 0.275 e. The molecule has 1 aliphatic heterocycles. The number of quaternary nitrogens is 1. The highest BCUT2D eigenvalue weighted by atomic mass is 16.2.